The van der Waals surface area contributed by atoms with Gasteiger partial charge in [0.05, 0.1) is 5.56 Å². The van der Waals surface area contributed by atoms with Crippen LogP contribution in [-0.2, 0) is 7.05 Å². The highest BCUT2D eigenvalue weighted by Crippen LogP contribution is 2.24. The van der Waals surface area contributed by atoms with Crippen molar-refractivity contribution in [2.45, 2.75) is 18.8 Å². The number of hydrogen-bond acceptors (Lipinski definition) is 5. The predicted octanol–water partition coefficient (Wildman–Crippen LogP) is 1.74. The van der Waals surface area contributed by atoms with E-state index in [1.807, 2.05) is 14.1 Å². The molecule has 0 atom stereocenters. The van der Waals surface area contributed by atoms with Crippen LogP contribution in [0.25, 0.3) is 0 Å². The molecule has 1 saturated heterocycles. The van der Waals surface area contributed by atoms with Gasteiger partial charge in [-0.3, -0.25) is 10.1 Å². The van der Waals surface area contributed by atoms with Gasteiger partial charge in [0.25, 0.3) is 5.91 Å². The fourth-order valence-corrected chi connectivity index (χ4v) is 2.90. The van der Waals surface area contributed by atoms with Crippen LogP contribution in [0.4, 0.5) is 16.0 Å². The van der Waals surface area contributed by atoms with Crippen molar-refractivity contribution >= 4 is 17.5 Å². The van der Waals surface area contributed by atoms with Gasteiger partial charge in [0.15, 0.2) is 5.82 Å². The summed E-state index contributed by atoms with van der Waals surface area (Å²) in [5.41, 5.74) is 0.679. The Morgan fingerprint density at radius 3 is 2.72 bits per heavy atom. The molecule has 2 N–H and O–H groups in total. The van der Waals surface area contributed by atoms with E-state index in [1.54, 1.807) is 18.0 Å². The number of carbonyl (C=O) groups is 1. The van der Waals surface area contributed by atoms with Crippen molar-refractivity contribution in [2.75, 3.05) is 37.4 Å². The van der Waals surface area contributed by atoms with Gasteiger partial charge in [-0.05, 0) is 44.1 Å². The van der Waals surface area contributed by atoms with E-state index < -0.39 is 11.7 Å². The standard InChI is InChI=1S/C17H23FN6O/c1-23(2)12-4-5-13(14(18)10-12)16(25)21-17-20-15(22-24(17)3)11-6-8-19-9-7-11/h4-5,10-11,19H,6-9H2,1-3H3,(H,20,21,22,25). The highest BCUT2D eigenvalue weighted by Gasteiger charge is 2.22. The molecule has 3 rings (SSSR count). The molecule has 7 nitrogen and oxygen atoms in total. The molecule has 1 aliphatic rings. The van der Waals surface area contributed by atoms with Gasteiger partial charge in [-0.2, -0.15) is 10.1 Å². The molecule has 0 spiro atoms. The van der Waals surface area contributed by atoms with Gasteiger partial charge in [-0.1, -0.05) is 0 Å². The summed E-state index contributed by atoms with van der Waals surface area (Å²) in [6.45, 7) is 1.88. The maximum Gasteiger partial charge on any atom is 0.260 e. The van der Waals surface area contributed by atoms with Gasteiger partial charge in [0.1, 0.15) is 5.82 Å². The maximum atomic E-state index is 14.2. The average molecular weight is 346 g/mol. The fraction of sp³-hybridized carbons (Fsp3) is 0.471. The zero-order valence-electron chi connectivity index (χ0n) is 14.7. The van der Waals surface area contributed by atoms with Crippen molar-refractivity contribution in [1.29, 1.82) is 0 Å². The summed E-state index contributed by atoms with van der Waals surface area (Å²) in [5.74, 6) is 0.242. The molecule has 1 aliphatic heterocycles. The number of piperidine rings is 1. The predicted molar refractivity (Wildman–Crippen MR) is 94.5 cm³/mol. The molecule has 0 unspecified atom stereocenters. The van der Waals surface area contributed by atoms with Crippen molar-refractivity contribution in [1.82, 2.24) is 20.1 Å². The first kappa shape index (κ1) is 17.3. The Hall–Kier alpha value is -2.48. The van der Waals surface area contributed by atoms with Crippen LogP contribution in [0.2, 0.25) is 0 Å². The first-order chi connectivity index (χ1) is 12.0. The number of aromatic nitrogens is 3. The molecule has 134 valence electrons. The second-order valence-corrected chi connectivity index (χ2v) is 6.45. The van der Waals surface area contributed by atoms with Crippen LogP contribution in [0.3, 0.4) is 0 Å². The minimum absolute atomic E-state index is 0.0167. The average Bonchev–Trinajstić information content (AvgIpc) is 2.96. The molecule has 0 bridgehead atoms. The first-order valence-corrected chi connectivity index (χ1v) is 8.35. The van der Waals surface area contributed by atoms with Crippen molar-refractivity contribution < 1.29 is 9.18 Å². The molecule has 0 radical (unpaired) electrons. The van der Waals surface area contributed by atoms with E-state index in [2.05, 4.69) is 20.7 Å². The summed E-state index contributed by atoms with van der Waals surface area (Å²) >= 11 is 0. The van der Waals surface area contributed by atoms with Crippen LogP contribution in [-0.4, -0.2) is 47.9 Å². The van der Waals surface area contributed by atoms with Crippen LogP contribution in [0, 0.1) is 5.82 Å². The summed E-state index contributed by atoms with van der Waals surface area (Å²) in [6, 6.07) is 4.52. The molecule has 2 aromatic rings. The molecule has 0 aliphatic carbocycles. The molecular formula is C17H23FN6O. The molecule has 1 fully saturated rings. The van der Waals surface area contributed by atoms with E-state index in [4.69, 9.17) is 0 Å². The number of anilines is 2. The van der Waals surface area contributed by atoms with Gasteiger partial charge < -0.3 is 10.2 Å². The highest BCUT2D eigenvalue weighted by atomic mass is 19.1. The first-order valence-electron chi connectivity index (χ1n) is 8.35. The van der Waals surface area contributed by atoms with Crippen LogP contribution >= 0.6 is 0 Å². The molecule has 1 aromatic carbocycles. The van der Waals surface area contributed by atoms with Gasteiger partial charge in [0.2, 0.25) is 5.95 Å². The SMILES string of the molecule is CN(C)c1ccc(C(=O)Nc2nc(C3CCNCC3)nn2C)c(F)c1. The van der Waals surface area contributed by atoms with Crippen LogP contribution in [0.15, 0.2) is 18.2 Å². The lowest BCUT2D eigenvalue weighted by Gasteiger charge is -2.19. The van der Waals surface area contributed by atoms with E-state index in [0.717, 1.165) is 31.8 Å². The number of aryl methyl sites for hydroxylation is 1. The minimum atomic E-state index is -0.565. The Morgan fingerprint density at radius 2 is 2.08 bits per heavy atom. The van der Waals surface area contributed by atoms with E-state index in [-0.39, 0.29) is 11.5 Å². The molecule has 1 aromatic heterocycles. The van der Waals surface area contributed by atoms with Crippen molar-refractivity contribution in [3.63, 3.8) is 0 Å². The summed E-state index contributed by atoms with van der Waals surface area (Å²) in [5, 5.41) is 10.4. The Balaban J connectivity index is 1.76. The Kier molecular flexibility index (Phi) is 4.98. The van der Waals surface area contributed by atoms with Crippen molar-refractivity contribution in [3.05, 3.63) is 35.4 Å². The number of nitrogens with zero attached hydrogens (tertiary/aromatic N) is 4. The fourth-order valence-electron chi connectivity index (χ4n) is 2.90. The van der Waals surface area contributed by atoms with E-state index in [0.29, 0.717) is 11.6 Å². The lowest BCUT2D eigenvalue weighted by molar-refractivity contribution is 0.102. The summed E-state index contributed by atoms with van der Waals surface area (Å²) in [7, 11) is 5.35. The Labute approximate surface area is 146 Å². The lowest BCUT2D eigenvalue weighted by Crippen LogP contribution is -2.27. The molecular weight excluding hydrogens is 323 g/mol. The van der Waals surface area contributed by atoms with Crippen LogP contribution < -0.4 is 15.5 Å². The number of nitrogens with one attached hydrogen (secondary N) is 2. The van der Waals surface area contributed by atoms with Crippen molar-refractivity contribution in [2.24, 2.45) is 7.05 Å². The monoisotopic (exact) mass is 346 g/mol. The van der Waals surface area contributed by atoms with E-state index in [1.165, 1.54) is 16.8 Å². The van der Waals surface area contributed by atoms with E-state index >= 15 is 0 Å². The number of hydrogen-bond donors (Lipinski definition) is 2. The molecule has 1 amide bonds. The third-order valence-corrected chi connectivity index (χ3v) is 4.42. The summed E-state index contributed by atoms with van der Waals surface area (Å²) < 4.78 is 15.8. The summed E-state index contributed by atoms with van der Waals surface area (Å²) in [4.78, 5) is 18.6. The quantitative estimate of drug-likeness (QED) is 0.882. The third-order valence-electron chi connectivity index (χ3n) is 4.42. The highest BCUT2D eigenvalue weighted by molar-refractivity contribution is 6.03. The minimum Gasteiger partial charge on any atom is -0.378 e. The maximum absolute atomic E-state index is 14.2. The second kappa shape index (κ2) is 7.18. The molecule has 0 saturated carbocycles. The van der Waals surface area contributed by atoms with E-state index in [9.17, 15) is 9.18 Å². The third kappa shape index (κ3) is 3.79. The lowest BCUT2D eigenvalue weighted by atomic mass is 9.98. The Bertz CT molecular complexity index is 766. The topological polar surface area (TPSA) is 75.1 Å². The number of carbonyl (C=O) groups excluding carboxylic acids is 1. The zero-order valence-corrected chi connectivity index (χ0v) is 14.7. The zero-order chi connectivity index (χ0) is 18.0. The number of halogens is 1. The van der Waals surface area contributed by atoms with Crippen LogP contribution in [0.1, 0.15) is 34.9 Å². The van der Waals surface area contributed by atoms with Crippen molar-refractivity contribution in [3.8, 4) is 0 Å². The van der Waals surface area contributed by atoms with Gasteiger partial charge in [-0.25, -0.2) is 9.07 Å². The smallest absolute Gasteiger partial charge is 0.260 e. The number of rotatable bonds is 4. The Morgan fingerprint density at radius 1 is 1.36 bits per heavy atom. The number of benzene rings is 1. The van der Waals surface area contributed by atoms with Gasteiger partial charge >= 0.3 is 0 Å². The second-order valence-electron chi connectivity index (χ2n) is 6.45. The van der Waals surface area contributed by atoms with Gasteiger partial charge in [0, 0.05) is 32.7 Å². The summed E-state index contributed by atoms with van der Waals surface area (Å²) in [6.07, 6.45) is 1.94. The normalized spacial score (nSPS) is 15.2. The molecule has 25 heavy (non-hydrogen) atoms. The van der Waals surface area contributed by atoms with Crippen LogP contribution in [0.5, 0.6) is 0 Å². The largest absolute Gasteiger partial charge is 0.378 e. The van der Waals surface area contributed by atoms with Gasteiger partial charge in [-0.15, -0.1) is 0 Å². The molecule has 8 heteroatoms. The molecule has 2 heterocycles. The number of amides is 1.